The van der Waals surface area contributed by atoms with Crippen molar-refractivity contribution in [1.29, 1.82) is 0 Å². The average molecular weight is 352 g/mol. The number of carboxylic acids is 1. The van der Waals surface area contributed by atoms with E-state index in [0.717, 1.165) is 18.4 Å². The van der Waals surface area contributed by atoms with Gasteiger partial charge in [0.05, 0.1) is 16.8 Å². The van der Waals surface area contributed by atoms with Crippen LogP contribution in [0.4, 0.5) is 5.69 Å². The maximum atomic E-state index is 12.6. The lowest BCUT2D eigenvalue weighted by Gasteiger charge is -2.20. The molecular formula is C20H20N2O4. The zero-order valence-corrected chi connectivity index (χ0v) is 14.4. The summed E-state index contributed by atoms with van der Waals surface area (Å²) in [4.78, 5) is 37.3. The Morgan fingerprint density at radius 2 is 1.73 bits per heavy atom. The molecule has 3 rings (SSSR count). The van der Waals surface area contributed by atoms with E-state index in [-0.39, 0.29) is 29.8 Å². The monoisotopic (exact) mass is 352 g/mol. The van der Waals surface area contributed by atoms with Gasteiger partial charge >= 0.3 is 5.97 Å². The zero-order chi connectivity index (χ0) is 18.7. The van der Waals surface area contributed by atoms with Gasteiger partial charge in [0.25, 0.3) is 5.91 Å². The second kappa shape index (κ2) is 7.39. The number of carbonyl (C=O) groups excluding carboxylic acids is 2. The molecular weight excluding hydrogens is 332 g/mol. The first kappa shape index (κ1) is 17.7. The lowest BCUT2D eigenvalue weighted by Crippen LogP contribution is -2.31. The van der Waals surface area contributed by atoms with Gasteiger partial charge in [-0.15, -0.1) is 0 Å². The number of hydrogen-bond donors (Lipinski definition) is 2. The molecule has 0 heterocycles. The van der Waals surface area contributed by atoms with Gasteiger partial charge in [-0.2, -0.15) is 0 Å². The minimum Gasteiger partial charge on any atom is -0.478 e. The van der Waals surface area contributed by atoms with Crippen molar-refractivity contribution in [3.05, 3.63) is 65.2 Å². The predicted octanol–water partition coefficient (Wildman–Crippen LogP) is 2.69. The van der Waals surface area contributed by atoms with Crippen molar-refractivity contribution in [2.75, 3.05) is 11.9 Å². The molecule has 0 bridgehead atoms. The first-order valence-electron chi connectivity index (χ1n) is 8.44. The average Bonchev–Trinajstić information content (AvgIpc) is 3.50. The third kappa shape index (κ3) is 3.91. The fourth-order valence-corrected chi connectivity index (χ4v) is 2.72. The first-order valence-corrected chi connectivity index (χ1v) is 8.44. The fraction of sp³-hybridized carbons (Fsp3) is 0.250. The predicted molar refractivity (Wildman–Crippen MR) is 97.1 cm³/mol. The molecule has 0 spiro atoms. The van der Waals surface area contributed by atoms with Crippen LogP contribution in [0, 0.1) is 5.92 Å². The summed E-state index contributed by atoms with van der Waals surface area (Å²) in [6.07, 6.45) is 1.81. The summed E-state index contributed by atoms with van der Waals surface area (Å²) in [5.74, 6) is -1.16. The van der Waals surface area contributed by atoms with Crippen molar-refractivity contribution in [2.24, 2.45) is 5.92 Å². The number of nitrogens with zero attached hydrogens (tertiary/aromatic N) is 1. The number of carbonyl (C=O) groups is 3. The van der Waals surface area contributed by atoms with E-state index < -0.39 is 5.97 Å². The van der Waals surface area contributed by atoms with Crippen LogP contribution >= 0.6 is 0 Å². The van der Waals surface area contributed by atoms with E-state index >= 15 is 0 Å². The van der Waals surface area contributed by atoms with Crippen LogP contribution in [0.15, 0.2) is 48.5 Å². The minimum atomic E-state index is -0.988. The van der Waals surface area contributed by atoms with Crippen LogP contribution in [0.2, 0.25) is 0 Å². The third-order valence-corrected chi connectivity index (χ3v) is 4.42. The quantitative estimate of drug-likeness (QED) is 0.837. The summed E-state index contributed by atoms with van der Waals surface area (Å²) in [5, 5.41) is 11.7. The summed E-state index contributed by atoms with van der Waals surface area (Å²) < 4.78 is 0. The Hall–Kier alpha value is -3.15. The van der Waals surface area contributed by atoms with Crippen molar-refractivity contribution in [1.82, 2.24) is 5.32 Å². The van der Waals surface area contributed by atoms with Gasteiger partial charge in [0.1, 0.15) is 0 Å². The highest BCUT2D eigenvalue weighted by Gasteiger charge is 2.33. The highest BCUT2D eigenvalue weighted by molar-refractivity contribution is 6.05. The molecule has 1 aliphatic rings. The van der Waals surface area contributed by atoms with Crippen LogP contribution in [-0.2, 0) is 11.3 Å². The van der Waals surface area contributed by atoms with Crippen molar-refractivity contribution >= 4 is 23.5 Å². The molecule has 0 radical (unpaired) electrons. The van der Waals surface area contributed by atoms with Crippen LogP contribution in [-0.4, -0.2) is 29.9 Å². The standard InChI is InChI=1S/C20H20N2O4/c1-22(19(24)14-10-11-14)17-5-3-2-4-16(17)18(23)21-12-13-6-8-15(9-7-13)20(25)26/h2-9,14H,10-12H2,1H3,(H,21,23)(H,25,26). The number of benzene rings is 2. The molecule has 2 N–H and O–H groups in total. The molecule has 2 aromatic carbocycles. The summed E-state index contributed by atoms with van der Waals surface area (Å²) >= 11 is 0. The topological polar surface area (TPSA) is 86.7 Å². The van der Waals surface area contributed by atoms with E-state index in [1.165, 1.54) is 12.1 Å². The molecule has 1 fully saturated rings. The van der Waals surface area contributed by atoms with Crippen molar-refractivity contribution < 1.29 is 19.5 Å². The van der Waals surface area contributed by atoms with Crippen LogP contribution in [0.1, 0.15) is 39.1 Å². The molecule has 0 unspecified atom stereocenters. The largest absolute Gasteiger partial charge is 0.478 e. The first-order chi connectivity index (χ1) is 12.5. The Balaban J connectivity index is 1.69. The van der Waals surface area contributed by atoms with Crippen LogP contribution in [0.3, 0.4) is 0 Å². The normalized spacial score (nSPS) is 13.1. The molecule has 0 aliphatic heterocycles. The number of carboxylic acid groups (broad SMARTS) is 1. The SMILES string of the molecule is CN(C(=O)C1CC1)c1ccccc1C(=O)NCc1ccc(C(=O)O)cc1. The molecule has 0 aromatic heterocycles. The Morgan fingerprint density at radius 3 is 2.35 bits per heavy atom. The number of rotatable bonds is 6. The highest BCUT2D eigenvalue weighted by Crippen LogP contribution is 2.33. The molecule has 1 saturated carbocycles. The molecule has 6 heteroatoms. The maximum Gasteiger partial charge on any atom is 0.335 e. The molecule has 134 valence electrons. The summed E-state index contributed by atoms with van der Waals surface area (Å²) in [6, 6.07) is 13.3. The van der Waals surface area contributed by atoms with E-state index in [1.54, 1.807) is 48.3 Å². The molecule has 2 amide bonds. The van der Waals surface area contributed by atoms with Crippen LogP contribution < -0.4 is 10.2 Å². The number of aromatic carboxylic acids is 1. The Morgan fingerprint density at radius 1 is 1.08 bits per heavy atom. The number of hydrogen-bond acceptors (Lipinski definition) is 3. The third-order valence-electron chi connectivity index (χ3n) is 4.42. The lowest BCUT2D eigenvalue weighted by atomic mass is 10.1. The molecule has 2 aromatic rings. The minimum absolute atomic E-state index is 0.0366. The number of anilines is 1. The van der Waals surface area contributed by atoms with Crippen molar-refractivity contribution in [3.8, 4) is 0 Å². The van der Waals surface area contributed by atoms with Gasteiger partial charge in [-0.1, -0.05) is 24.3 Å². The van der Waals surface area contributed by atoms with E-state index in [4.69, 9.17) is 5.11 Å². The number of nitrogens with one attached hydrogen (secondary N) is 1. The van der Waals surface area contributed by atoms with E-state index in [9.17, 15) is 14.4 Å². The number of amides is 2. The van der Waals surface area contributed by atoms with Gasteiger partial charge < -0.3 is 15.3 Å². The van der Waals surface area contributed by atoms with Gasteiger partial charge in [0, 0.05) is 19.5 Å². The number of para-hydroxylation sites is 1. The molecule has 0 saturated heterocycles. The molecule has 6 nitrogen and oxygen atoms in total. The lowest BCUT2D eigenvalue weighted by molar-refractivity contribution is -0.119. The van der Waals surface area contributed by atoms with E-state index in [0.29, 0.717) is 11.3 Å². The maximum absolute atomic E-state index is 12.6. The van der Waals surface area contributed by atoms with Gasteiger partial charge in [0.15, 0.2) is 0 Å². The van der Waals surface area contributed by atoms with Gasteiger partial charge in [0.2, 0.25) is 5.91 Å². The van der Waals surface area contributed by atoms with Crippen molar-refractivity contribution in [2.45, 2.75) is 19.4 Å². The second-order valence-corrected chi connectivity index (χ2v) is 6.37. The summed E-state index contributed by atoms with van der Waals surface area (Å²) in [5.41, 5.74) is 2.02. The van der Waals surface area contributed by atoms with Gasteiger partial charge in [-0.3, -0.25) is 9.59 Å². The zero-order valence-electron chi connectivity index (χ0n) is 14.4. The molecule has 26 heavy (non-hydrogen) atoms. The summed E-state index contributed by atoms with van der Waals surface area (Å²) in [7, 11) is 1.69. The Labute approximate surface area is 151 Å². The smallest absolute Gasteiger partial charge is 0.335 e. The highest BCUT2D eigenvalue weighted by atomic mass is 16.4. The molecule has 1 aliphatic carbocycles. The van der Waals surface area contributed by atoms with Gasteiger partial charge in [-0.05, 0) is 42.7 Å². The van der Waals surface area contributed by atoms with Crippen molar-refractivity contribution in [3.63, 3.8) is 0 Å². The fourth-order valence-electron chi connectivity index (χ4n) is 2.72. The Bertz CT molecular complexity index is 841. The van der Waals surface area contributed by atoms with E-state index in [1.807, 2.05) is 0 Å². The summed E-state index contributed by atoms with van der Waals surface area (Å²) in [6.45, 7) is 0.271. The second-order valence-electron chi connectivity index (χ2n) is 6.37. The van der Waals surface area contributed by atoms with Gasteiger partial charge in [-0.25, -0.2) is 4.79 Å². The Kier molecular flexibility index (Phi) is 5.02. The molecule has 0 atom stereocenters. The van der Waals surface area contributed by atoms with Crippen LogP contribution in [0.5, 0.6) is 0 Å². The van der Waals surface area contributed by atoms with E-state index in [2.05, 4.69) is 5.32 Å². The van der Waals surface area contributed by atoms with Crippen LogP contribution in [0.25, 0.3) is 0 Å².